The lowest BCUT2D eigenvalue weighted by Crippen LogP contribution is -2.69. The van der Waals surface area contributed by atoms with Crippen molar-refractivity contribution in [3.05, 3.63) is 29.8 Å². The van der Waals surface area contributed by atoms with Crippen LogP contribution in [0.4, 0.5) is 5.69 Å². The summed E-state index contributed by atoms with van der Waals surface area (Å²) in [5, 5.41) is 2.74. The first-order valence-corrected chi connectivity index (χ1v) is 9.89. The van der Waals surface area contributed by atoms with Crippen LogP contribution in [0.25, 0.3) is 0 Å². The number of nitrogens with zero attached hydrogens (tertiary/aromatic N) is 2. The summed E-state index contributed by atoms with van der Waals surface area (Å²) >= 11 is 0. The molecule has 0 unspecified atom stereocenters. The maximum atomic E-state index is 13.3. The number of hydrogen-bond acceptors (Lipinski definition) is 5. The molecule has 1 aromatic rings. The molecular weight excluding hydrogens is 374 g/mol. The summed E-state index contributed by atoms with van der Waals surface area (Å²) in [5.41, 5.74) is -1.15. The standard InChI is InChI=1S/C21H25N3O5/c1-20(2,3)22-16(25)12-29-19(28)21-11-10-17(26)24(21)15-7-5-4-6-14(15)18(27)23(21)13-8-9-13/h4-7,13H,8-12H2,1-3H3,(H,22,25)/t21-/m1/s1. The number of para-hydroxylation sites is 1. The first kappa shape index (κ1) is 19.4. The molecule has 2 aliphatic heterocycles. The lowest BCUT2D eigenvalue weighted by molar-refractivity contribution is -0.160. The molecule has 1 aromatic carbocycles. The van der Waals surface area contributed by atoms with Gasteiger partial charge in [0.05, 0.1) is 11.3 Å². The molecule has 1 saturated heterocycles. The molecule has 1 atom stereocenters. The maximum Gasteiger partial charge on any atom is 0.354 e. The normalized spacial score (nSPS) is 23.6. The van der Waals surface area contributed by atoms with Crippen LogP contribution < -0.4 is 10.2 Å². The summed E-state index contributed by atoms with van der Waals surface area (Å²) in [7, 11) is 0. The van der Waals surface area contributed by atoms with Gasteiger partial charge in [0.2, 0.25) is 11.6 Å². The van der Waals surface area contributed by atoms with Gasteiger partial charge in [-0.2, -0.15) is 0 Å². The van der Waals surface area contributed by atoms with E-state index in [1.807, 2.05) is 20.8 Å². The molecular formula is C21H25N3O5. The highest BCUT2D eigenvalue weighted by molar-refractivity contribution is 6.15. The molecule has 3 amide bonds. The van der Waals surface area contributed by atoms with Crippen LogP contribution in [0.15, 0.2) is 24.3 Å². The lowest BCUT2D eigenvalue weighted by Gasteiger charge is -2.48. The molecule has 8 heteroatoms. The average molecular weight is 399 g/mol. The quantitative estimate of drug-likeness (QED) is 0.776. The van der Waals surface area contributed by atoms with E-state index < -0.39 is 29.7 Å². The van der Waals surface area contributed by atoms with E-state index in [1.165, 1.54) is 9.80 Å². The van der Waals surface area contributed by atoms with Gasteiger partial charge in [0, 0.05) is 24.4 Å². The SMILES string of the molecule is CC(C)(C)NC(=O)COC(=O)[C@@]12CCC(=O)N1c1ccccc1C(=O)N2C1CC1. The second-order valence-electron chi connectivity index (χ2n) is 8.84. The Morgan fingerprint density at radius 1 is 1.21 bits per heavy atom. The number of ether oxygens (including phenoxy) is 1. The third-order valence-electron chi connectivity index (χ3n) is 5.39. The molecule has 4 rings (SSSR count). The molecule has 29 heavy (non-hydrogen) atoms. The van der Waals surface area contributed by atoms with Crippen LogP contribution in [0.5, 0.6) is 0 Å². The van der Waals surface area contributed by atoms with Crippen molar-refractivity contribution in [2.45, 2.75) is 63.7 Å². The highest BCUT2D eigenvalue weighted by Gasteiger charge is 2.64. The van der Waals surface area contributed by atoms with E-state index in [0.29, 0.717) is 11.3 Å². The van der Waals surface area contributed by atoms with Crippen LogP contribution in [0, 0.1) is 0 Å². The summed E-state index contributed by atoms with van der Waals surface area (Å²) in [6, 6.07) is 6.71. The first-order valence-electron chi connectivity index (χ1n) is 9.89. The van der Waals surface area contributed by atoms with Gasteiger partial charge in [0.1, 0.15) is 0 Å². The van der Waals surface area contributed by atoms with Crippen molar-refractivity contribution in [2.24, 2.45) is 0 Å². The first-order chi connectivity index (χ1) is 13.6. The fraction of sp³-hybridized carbons (Fsp3) is 0.524. The number of hydrogen-bond donors (Lipinski definition) is 1. The van der Waals surface area contributed by atoms with Crippen LogP contribution in [-0.2, 0) is 19.1 Å². The van der Waals surface area contributed by atoms with E-state index in [2.05, 4.69) is 5.32 Å². The molecule has 3 aliphatic rings. The van der Waals surface area contributed by atoms with Gasteiger partial charge in [0.15, 0.2) is 6.61 Å². The van der Waals surface area contributed by atoms with Gasteiger partial charge in [-0.3, -0.25) is 19.3 Å². The molecule has 2 heterocycles. The van der Waals surface area contributed by atoms with Crippen LogP contribution in [-0.4, -0.2) is 52.4 Å². The molecule has 154 valence electrons. The number of benzene rings is 1. The van der Waals surface area contributed by atoms with Crippen LogP contribution in [0.2, 0.25) is 0 Å². The summed E-state index contributed by atoms with van der Waals surface area (Å²) in [4.78, 5) is 54.5. The molecule has 8 nitrogen and oxygen atoms in total. The number of esters is 1. The molecule has 2 fully saturated rings. The maximum absolute atomic E-state index is 13.3. The Morgan fingerprint density at radius 2 is 1.90 bits per heavy atom. The van der Waals surface area contributed by atoms with Crippen molar-refractivity contribution < 1.29 is 23.9 Å². The van der Waals surface area contributed by atoms with E-state index in [-0.39, 0.29) is 30.7 Å². The van der Waals surface area contributed by atoms with Gasteiger partial charge in [-0.05, 0) is 45.7 Å². The Balaban J connectivity index is 1.69. The second-order valence-corrected chi connectivity index (χ2v) is 8.84. The van der Waals surface area contributed by atoms with Gasteiger partial charge in [-0.15, -0.1) is 0 Å². The number of nitrogens with one attached hydrogen (secondary N) is 1. The third-order valence-corrected chi connectivity index (χ3v) is 5.39. The Morgan fingerprint density at radius 3 is 2.55 bits per heavy atom. The number of rotatable bonds is 4. The third kappa shape index (κ3) is 3.16. The minimum atomic E-state index is -1.52. The highest BCUT2D eigenvalue weighted by atomic mass is 16.5. The largest absolute Gasteiger partial charge is 0.452 e. The summed E-state index contributed by atoms with van der Waals surface area (Å²) in [5.74, 6) is -1.67. The van der Waals surface area contributed by atoms with E-state index >= 15 is 0 Å². The van der Waals surface area contributed by atoms with Gasteiger partial charge in [0.25, 0.3) is 11.8 Å². The fourth-order valence-corrected chi connectivity index (χ4v) is 4.21. The molecule has 0 bridgehead atoms. The molecule has 1 saturated carbocycles. The van der Waals surface area contributed by atoms with Crippen LogP contribution >= 0.6 is 0 Å². The van der Waals surface area contributed by atoms with Gasteiger partial charge in [-0.25, -0.2) is 4.79 Å². The number of fused-ring (bicyclic) bond motifs is 3. The number of carbonyl (C=O) groups excluding carboxylic acids is 4. The van der Waals surface area contributed by atoms with Crippen LogP contribution in [0.1, 0.15) is 56.8 Å². The zero-order chi connectivity index (χ0) is 21.0. The zero-order valence-electron chi connectivity index (χ0n) is 16.9. The smallest absolute Gasteiger partial charge is 0.354 e. The summed E-state index contributed by atoms with van der Waals surface area (Å²) in [6.45, 7) is 5.02. The van der Waals surface area contributed by atoms with Gasteiger partial charge in [-0.1, -0.05) is 12.1 Å². The summed E-state index contributed by atoms with van der Waals surface area (Å²) < 4.78 is 5.37. The van der Waals surface area contributed by atoms with Crippen molar-refractivity contribution in [1.29, 1.82) is 0 Å². The predicted octanol–water partition coefficient (Wildman–Crippen LogP) is 1.59. The van der Waals surface area contributed by atoms with Crippen molar-refractivity contribution in [3.8, 4) is 0 Å². The highest BCUT2D eigenvalue weighted by Crippen LogP contribution is 2.49. The number of carbonyl (C=O) groups is 4. The fourth-order valence-electron chi connectivity index (χ4n) is 4.21. The average Bonchev–Trinajstić information content (AvgIpc) is 3.41. The Labute approximate surface area is 169 Å². The van der Waals surface area contributed by atoms with Crippen molar-refractivity contribution in [3.63, 3.8) is 0 Å². The predicted molar refractivity (Wildman–Crippen MR) is 104 cm³/mol. The van der Waals surface area contributed by atoms with Gasteiger partial charge < -0.3 is 15.0 Å². The minimum Gasteiger partial charge on any atom is -0.452 e. The molecule has 0 aromatic heterocycles. The minimum absolute atomic E-state index is 0.111. The topological polar surface area (TPSA) is 96.0 Å². The van der Waals surface area contributed by atoms with E-state index in [4.69, 9.17) is 4.74 Å². The van der Waals surface area contributed by atoms with E-state index in [9.17, 15) is 19.2 Å². The lowest BCUT2D eigenvalue weighted by atomic mass is 9.96. The Hall–Kier alpha value is -2.90. The van der Waals surface area contributed by atoms with Crippen LogP contribution in [0.3, 0.4) is 0 Å². The molecule has 0 spiro atoms. The Bertz CT molecular complexity index is 902. The van der Waals surface area contributed by atoms with Gasteiger partial charge >= 0.3 is 5.97 Å². The second kappa shape index (κ2) is 6.57. The van der Waals surface area contributed by atoms with E-state index in [0.717, 1.165) is 12.8 Å². The monoisotopic (exact) mass is 399 g/mol. The molecule has 0 radical (unpaired) electrons. The van der Waals surface area contributed by atoms with Crippen molar-refractivity contribution >= 4 is 29.4 Å². The summed E-state index contributed by atoms with van der Waals surface area (Å²) in [6.07, 6.45) is 1.83. The van der Waals surface area contributed by atoms with E-state index in [1.54, 1.807) is 24.3 Å². The molecule has 1 aliphatic carbocycles. The Kier molecular flexibility index (Phi) is 4.40. The zero-order valence-corrected chi connectivity index (χ0v) is 16.9. The van der Waals surface area contributed by atoms with Crippen molar-refractivity contribution in [1.82, 2.24) is 10.2 Å². The number of anilines is 1. The number of amides is 3. The molecule has 1 N–H and O–H groups in total. The van der Waals surface area contributed by atoms with Crippen molar-refractivity contribution in [2.75, 3.05) is 11.5 Å².